The van der Waals surface area contributed by atoms with Crippen molar-refractivity contribution in [2.45, 2.75) is 122 Å². The quantitative estimate of drug-likeness (QED) is 0.143. The van der Waals surface area contributed by atoms with E-state index in [1.165, 1.54) is 89.9 Å². The molecule has 1 saturated heterocycles. The van der Waals surface area contributed by atoms with E-state index in [9.17, 15) is 0 Å². The maximum absolute atomic E-state index is 6.42. The summed E-state index contributed by atoms with van der Waals surface area (Å²) in [5.41, 5.74) is 3.34. The van der Waals surface area contributed by atoms with Crippen LogP contribution >= 0.6 is 12.6 Å². The summed E-state index contributed by atoms with van der Waals surface area (Å²) in [6.45, 7) is 6.44. The molecule has 0 aromatic rings. The van der Waals surface area contributed by atoms with Crippen molar-refractivity contribution < 1.29 is 8.95 Å². The Morgan fingerprint density at radius 3 is 2.07 bits per heavy atom. The fourth-order valence-electron chi connectivity index (χ4n) is 4.17. The van der Waals surface area contributed by atoms with Crippen LogP contribution in [0.5, 0.6) is 0 Å². The van der Waals surface area contributed by atoms with Gasteiger partial charge in [-0.25, -0.2) is 5.48 Å². The fraction of sp³-hybridized carbons (Fsp3) is 1.00. The van der Waals surface area contributed by atoms with Crippen molar-refractivity contribution in [2.75, 3.05) is 18.9 Å². The molecule has 0 aromatic heterocycles. The van der Waals surface area contributed by atoms with Crippen LogP contribution in [0.25, 0.3) is 0 Å². The molecule has 1 rings (SSSR count). The molecule has 0 spiro atoms. The third kappa shape index (κ3) is 12.9. The average molecular weight is 432 g/mol. The highest BCUT2D eigenvalue weighted by Crippen LogP contribution is 2.26. The Labute approximate surface area is 182 Å². The van der Waals surface area contributed by atoms with Crippen LogP contribution in [0.2, 0.25) is 12.1 Å². The van der Waals surface area contributed by atoms with Gasteiger partial charge in [0.15, 0.2) is 0 Å². The second-order valence-electron chi connectivity index (χ2n) is 8.77. The first-order valence-electron chi connectivity index (χ1n) is 12.4. The van der Waals surface area contributed by atoms with Crippen molar-refractivity contribution in [3.8, 4) is 0 Å². The van der Waals surface area contributed by atoms with Crippen molar-refractivity contribution in [2.24, 2.45) is 5.92 Å². The first-order chi connectivity index (χ1) is 13.8. The van der Waals surface area contributed by atoms with Gasteiger partial charge in [0.25, 0.3) is 0 Å². The van der Waals surface area contributed by atoms with Crippen LogP contribution in [-0.2, 0) is 8.95 Å². The Morgan fingerprint density at radius 2 is 1.43 bits per heavy atom. The summed E-state index contributed by atoms with van der Waals surface area (Å²) in [7, 11) is -2.06. The van der Waals surface area contributed by atoms with Gasteiger partial charge in [-0.05, 0) is 43.0 Å². The highest BCUT2D eigenvalue weighted by atomic mass is 32.1. The fourth-order valence-corrected chi connectivity index (χ4v) is 7.87. The minimum atomic E-state index is -2.06. The van der Waals surface area contributed by atoms with E-state index < -0.39 is 8.56 Å². The number of hydrogen-bond donors (Lipinski definition) is 2. The first kappa shape index (κ1) is 26.5. The number of nitrogens with one attached hydrogen (secondary N) is 1. The van der Waals surface area contributed by atoms with E-state index in [-0.39, 0.29) is 0 Å². The zero-order valence-corrected chi connectivity index (χ0v) is 20.9. The molecule has 0 bridgehead atoms. The van der Waals surface area contributed by atoms with Crippen LogP contribution in [0.3, 0.4) is 0 Å². The molecule has 0 aromatic carbocycles. The van der Waals surface area contributed by atoms with Gasteiger partial charge >= 0.3 is 8.56 Å². The molecule has 3 nitrogen and oxygen atoms in total. The Hall–Kier alpha value is 0.447. The zero-order chi connectivity index (χ0) is 20.3. The van der Waals surface area contributed by atoms with Crippen LogP contribution in [0.4, 0.5) is 0 Å². The average Bonchev–Trinajstić information content (AvgIpc) is 2.69. The maximum Gasteiger partial charge on any atom is 0.358 e. The largest absolute Gasteiger partial charge is 0.393 e. The molecule has 0 amide bonds. The molecule has 1 aliphatic heterocycles. The van der Waals surface area contributed by atoms with Gasteiger partial charge in [0.2, 0.25) is 0 Å². The van der Waals surface area contributed by atoms with Gasteiger partial charge in [0, 0.05) is 13.2 Å². The predicted molar refractivity (Wildman–Crippen MR) is 128 cm³/mol. The number of hydrogen-bond acceptors (Lipinski definition) is 4. The Balaban J connectivity index is 2.12. The van der Waals surface area contributed by atoms with Crippen LogP contribution in [0.15, 0.2) is 0 Å². The van der Waals surface area contributed by atoms with Crippen LogP contribution in [0.1, 0.15) is 110 Å². The van der Waals surface area contributed by atoms with E-state index >= 15 is 0 Å². The molecule has 2 atom stereocenters. The van der Waals surface area contributed by atoms with Crippen molar-refractivity contribution in [3.05, 3.63) is 0 Å². The molecule has 2 unspecified atom stereocenters. The van der Waals surface area contributed by atoms with Crippen molar-refractivity contribution >= 4 is 21.2 Å². The lowest BCUT2D eigenvalue weighted by atomic mass is 9.97. The summed E-state index contributed by atoms with van der Waals surface area (Å²) in [5.74, 6) is 1.63. The molecular formula is C23H49NO2SSi. The molecule has 1 heterocycles. The lowest BCUT2D eigenvalue weighted by Gasteiger charge is -2.34. The van der Waals surface area contributed by atoms with Gasteiger partial charge in [-0.15, -0.1) is 0 Å². The molecule has 1 fully saturated rings. The van der Waals surface area contributed by atoms with Gasteiger partial charge in [-0.2, -0.15) is 12.6 Å². The number of thiol groups is 1. The molecule has 0 saturated carbocycles. The standard InChI is InChI=1S/C23H49NO2SSi/c1-3-5-7-8-9-10-11-12-13-14-16-23-17-18-25-28(20-6-4-2,21-15-19-27)26-24-22-23/h23-24,27H,3-22H2,1-2H3. The monoisotopic (exact) mass is 431 g/mol. The number of unbranched alkanes of at least 4 members (excludes halogenated alkanes) is 10. The zero-order valence-electron chi connectivity index (χ0n) is 19.0. The Bertz CT molecular complexity index is 327. The van der Waals surface area contributed by atoms with Crippen LogP contribution in [0, 0.1) is 5.92 Å². The summed E-state index contributed by atoms with van der Waals surface area (Å²) in [5, 5.41) is 0. The molecule has 1 aliphatic rings. The highest BCUT2D eigenvalue weighted by Gasteiger charge is 2.38. The van der Waals surface area contributed by atoms with Crippen molar-refractivity contribution in [1.82, 2.24) is 5.48 Å². The van der Waals surface area contributed by atoms with E-state index in [1.54, 1.807) is 0 Å². The second-order valence-corrected chi connectivity index (χ2v) is 12.5. The van der Waals surface area contributed by atoms with Gasteiger partial charge < -0.3 is 8.95 Å². The lowest BCUT2D eigenvalue weighted by molar-refractivity contribution is 0.0632. The number of hydroxylamine groups is 1. The first-order valence-corrected chi connectivity index (χ1v) is 15.3. The van der Waals surface area contributed by atoms with Gasteiger partial charge in [0.05, 0.1) is 0 Å². The third-order valence-corrected chi connectivity index (χ3v) is 9.91. The molecule has 168 valence electrons. The maximum atomic E-state index is 6.42. The summed E-state index contributed by atoms with van der Waals surface area (Å²) < 4.78 is 12.7. The Kier molecular flexibility index (Phi) is 17.2. The van der Waals surface area contributed by atoms with Gasteiger partial charge in [-0.1, -0.05) is 90.9 Å². The predicted octanol–water partition coefficient (Wildman–Crippen LogP) is 7.42. The molecule has 28 heavy (non-hydrogen) atoms. The van der Waals surface area contributed by atoms with E-state index in [4.69, 9.17) is 8.95 Å². The van der Waals surface area contributed by atoms with Crippen LogP contribution < -0.4 is 5.48 Å². The summed E-state index contributed by atoms with van der Waals surface area (Å²) in [6, 6.07) is 2.19. The molecule has 5 heteroatoms. The van der Waals surface area contributed by atoms with E-state index in [0.717, 1.165) is 37.4 Å². The SMILES string of the molecule is CCCCCCCCCCCCC1CCO[Si](CCCC)(CCCS)ONC1. The summed E-state index contributed by atoms with van der Waals surface area (Å²) in [6.07, 6.45) is 20.2. The van der Waals surface area contributed by atoms with Crippen molar-refractivity contribution in [3.63, 3.8) is 0 Å². The second kappa shape index (κ2) is 18.2. The molecule has 1 N–H and O–H groups in total. The smallest absolute Gasteiger partial charge is 0.358 e. The Morgan fingerprint density at radius 1 is 0.821 bits per heavy atom. The van der Waals surface area contributed by atoms with Crippen molar-refractivity contribution in [1.29, 1.82) is 0 Å². The van der Waals surface area contributed by atoms with E-state index in [1.807, 2.05) is 0 Å². The normalized spacial score (nSPS) is 23.5. The molecule has 0 radical (unpaired) electrons. The van der Waals surface area contributed by atoms with Crippen LogP contribution in [-0.4, -0.2) is 27.5 Å². The van der Waals surface area contributed by atoms with E-state index in [0.29, 0.717) is 5.92 Å². The third-order valence-electron chi connectivity index (χ3n) is 6.11. The summed E-state index contributed by atoms with van der Waals surface area (Å²) in [4.78, 5) is 0. The van der Waals surface area contributed by atoms with Gasteiger partial charge in [-0.3, -0.25) is 0 Å². The topological polar surface area (TPSA) is 30.5 Å². The van der Waals surface area contributed by atoms with Gasteiger partial charge in [0.1, 0.15) is 0 Å². The highest BCUT2D eigenvalue weighted by molar-refractivity contribution is 7.80. The summed E-state index contributed by atoms with van der Waals surface area (Å²) >= 11 is 4.39. The minimum Gasteiger partial charge on any atom is -0.393 e. The molecular weight excluding hydrogens is 382 g/mol. The van der Waals surface area contributed by atoms with E-state index in [2.05, 4.69) is 32.0 Å². The minimum absolute atomic E-state index is 0.706. The number of rotatable bonds is 17. The molecule has 0 aliphatic carbocycles. The lowest BCUT2D eigenvalue weighted by Crippen LogP contribution is -2.49.